The summed E-state index contributed by atoms with van der Waals surface area (Å²) in [5, 5.41) is 7.60. The van der Waals surface area contributed by atoms with Gasteiger partial charge in [-0.15, -0.1) is 0 Å². The summed E-state index contributed by atoms with van der Waals surface area (Å²) >= 11 is 0. The van der Waals surface area contributed by atoms with Crippen LogP contribution < -0.4 is 5.32 Å². The van der Waals surface area contributed by atoms with E-state index in [0.717, 1.165) is 42.3 Å². The van der Waals surface area contributed by atoms with Crippen LogP contribution in [0.15, 0.2) is 49.1 Å². The Morgan fingerprint density at radius 1 is 1.22 bits per heavy atom. The monoisotopic (exact) mass is 439 g/mol. The van der Waals surface area contributed by atoms with Gasteiger partial charge in [-0.1, -0.05) is 6.92 Å². The fourth-order valence-electron chi connectivity index (χ4n) is 4.27. The second-order valence-corrected chi connectivity index (χ2v) is 8.21. The van der Waals surface area contributed by atoms with Gasteiger partial charge in [-0.3, -0.25) is 4.79 Å². The number of benzene rings is 2. The molecule has 1 aliphatic carbocycles. The van der Waals surface area contributed by atoms with E-state index in [-0.39, 0.29) is 11.4 Å². The smallest absolute Gasteiger partial charge is 0.358 e. The van der Waals surface area contributed by atoms with E-state index in [1.807, 2.05) is 6.07 Å². The maximum absolute atomic E-state index is 13.3. The van der Waals surface area contributed by atoms with Crippen LogP contribution in [-0.4, -0.2) is 25.7 Å². The zero-order valence-electron chi connectivity index (χ0n) is 17.2. The van der Waals surface area contributed by atoms with Gasteiger partial charge in [0.05, 0.1) is 16.9 Å². The fraction of sp³-hybridized carbons (Fsp3) is 0.261. The Hall–Kier alpha value is -3.62. The Kier molecular flexibility index (Phi) is 4.76. The number of alkyl halides is 3. The van der Waals surface area contributed by atoms with E-state index in [0.29, 0.717) is 11.5 Å². The van der Waals surface area contributed by atoms with Crippen LogP contribution >= 0.6 is 0 Å². The van der Waals surface area contributed by atoms with Crippen LogP contribution in [-0.2, 0) is 19.0 Å². The fourth-order valence-corrected chi connectivity index (χ4v) is 4.27. The molecule has 0 bridgehead atoms. The molecular weight excluding hydrogens is 419 g/mol. The van der Waals surface area contributed by atoms with Crippen molar-refractivity contribution in [2.75, 3.05) is 5.32 Å². The van der Waals surface area contributed by atoms with Gasteiger partial charge in [0.25, 0.3) is 5.91 Å². The zero-order chi connectivity index (χ0) is 22.5. The van der Waals surface area contributed by atoms with Gasteiger partial charge in [-0.2, -0.15) is 18.3 Å². The lowest BCUT2D eigenvalue weighted by atomic mass is 9.87. The van der Waals surface area contributed by atoms with E-state index < -0.39 is 17.6 Å². The number of hydrogen-bond acceptors (Lipinski definition) is 3. The number of amides is 1. The molecule has 164 valence electrons. The number of rotatable bonds is 3. The van der Waals surface area contributed by atoms with Crippen molar-refractivity contribution >= 4 is 22.5 Å². The maximum Gasteiger partial charge on any atom is 0.416 e. The second-order valence-electron chi connectivity index (χ2n) is 8.21. The molecule has 6 nitrogen and oxygen atoms in total. The van der Waals surface area contributed by atoms with Crippen molar-refractivity contribution in [2.24, 2.45) is 5.92 Å². The molecule has 0 unspecified atom stereocenters. The quantitative estimate of drug-likeness (QED) is 0.464. The Bertz CT molecular complexity index is 1310. The van der Waals surface area contributed by atoms with Gasteiger partial charge in [0, 0.05) is 22.2 Å². The number of aromatic amines is 1. The summed E-state index contributed by atoms with van der Waals surface area (Å²) in [7, 11) is 0. The summed E-state index contributed by atoms with van der Waals surface area (Å²) in [5.74, 6) is 0.0701. The van der Waals surface area contributed by atoms with E-state index in [1.54, 1.807) is 12.1 Å². The molecule has 2 N–H and O–H groups in total. The molecule has 2 aromatic carbocycles. The highest BCUT2D eigenvalue weighted by molar-refractivity contribution is 6.07. The molecule has 9 heteroatoms. The molecule has 1 atom stereocenters. The number of H-pyrrole nitrogens is 1. The molecule has 0 spiro atoms. The Morgan fingerprint density at radius 2 is 2.06 bits per heavy atom. The molecule has 0 saturated carbocycles. The van der Waals surface area contributed by atoms with Crippen LogP contribution in [0.25, 0.3) is 16.6 Å². The molecule has 32 heavy (non-hydrogen) atoms. The number of halogens is 3. The van der Waals surface area contributed by atoms with Crippen LogP contribution in [0, 0.1) is 5.92 Å². The lowest BCUT2D eigenvalue weighted by molar-refractivity contribution is -0.137. The third-order valence-corrected chi connectivity index (χ3v) is 5.93. The molecular formula is C23H20F3N5O. The van der Waals surface area contributed by atoms with Crippen molar-refractivity contribution in [3.05, 3.63) is 71.4 Å². The first-order valence-corrected chi connectivity index (χ1v) is 10.3. The zero-order valence-corrected chi connectivity index (χ0v) is 17.2. The topological polar surface area (TPSA) is 75.6 Å². The molecule has 0 radical (unpaired) electrons. The van der Waals surface area contributed by atoms with Crippen molar-refractivity contribution in [1.29, 1.82) is 0 Å². The first-order valence-electron chi connectivity index (χ1n) is 10.3. The van der Waals surface area contributed by atoms with Crippen LogP contribution in [0.2, 0.25) is 0 Å². The van der Waals surface area contributed by atoms with E-state index in [4.69, 9.17) is 0 Å². The number of nitrogens with one attached hydrogen (secondary N) is 2. The molecule has 1 amide bonds. The number of hydrogen-bond donors (Lipinski definition) is 2. The highest BCUT2D eigenvalue weighted by Crippen LogP contribution is 2.34. The van der Waals surface area contributed by atoms with Gasteiger partial charge in [0.1, 0.15) is 12.7 Å². The molecule has 1 aliphatic rings. The third kappa shape index (κ3) is 3.63. The van der Waals surface area contributed by atoms with Crippen molar-refractivity contribution in [3.8, 4) is 5.69 Å². The molecule has 0 fully saturated rings. The van der Waals surface area contributed by atoms with Crippen LogP contribution in [0.4, 0.5) is 18.9 Å². The van der Waals surface area contributed by atoms with Crippen molar-refractivity contribution in [1.82, 2.24) is 19.7 Å². The summed E-state index contributed by atoms with van der Waals surface area (Å²) in [6, 6.07) is 8.45. The van der Waals surface area contributed by atoms with Crippen molar-refractivity contribution < 1.29 is 18.0 Å². The summed E-state index contributed by atoms with van der Waals surface area (Å²) in [5.41, 5.74) is 3.18. The maximum atomic E-state index is 13.3. The number of aromatic nitrogens is 4. The predicted octanol–water partition coefficient (Wildman–Crippen LogP) is 5.14. The number of carbonyl (C=O) groups excluding carboxylic acids is 1. The van der Waals surface area contributed by atoms with Gasteiger partial charge >= 0.3 is 6.18 Å². The lowest BCUT2D eigenvalue weighted by Gasteiger charge is -2.18. The first-order chi connectivity index (χ1) is 15.3. The minimum Gasteiger partial charge on any atom is -0.358 e. The van der Waals surface area contributed by atoms with Crippen LogP contribution in [0.1, 0.15) is 40.5 Å². The molecule has 2 heterocycles. The summed E-state index contributed by atoms with van der Waals surface area (Å²) in [4.78, 5) is 20.3. The van der Waals surface area contributed by atoms with Crippen molar-refractivity contribution in [2.45, 2.75) is 32.4 Å². The summed E-state index contributed by atoms with van der Waals surface area (Å²) in [6.45, 7) is 2.21. The standard InChI is InChI=1S/C23H20F3N5O/c1-13-2-5-18-16(8-13)17-9-14(3-6-19(17)29-18)22(32)30-20-10-15(23(24,25)26)4-7-21(20)31-12-27-11-28-31/h3-4,6-7,9-13,29H,2,5,8H2,1H3,(H,30,32)/t13-/m1/s1. The minimum atomic E-state index is -4.54. The van der Waals surface area contributed by atoms with E-state index in [1.165, 1.54) is 34.7 Å². The molecule has 2 aromatic heterocycles. The molecule has 4 aromatic rings. The number of nitrogens with zero attached hydrogens (tertiary/aromatic N) is 3. The highest BCUT2D eigenvalue weighted by atomic mass is 19.4. The Balaban J connectivity index is 1.52. The largest absolute Gasteiger partial charge is 0.416 e. The second kappa shape index (κ2) is 7.51. The first kappa shape index (κ1) is 20.3. The Labute approximate surface area is 181 Å². The van der Waals surface area contributed by atoms with Crippen LogP contribution in [0.3, 0.4) is 0 Å². The lowest BCUT2D eigenvalue weighted by Crippen LogP contribution is -2.16. The molecule has 0 saturated heterocycles. The normalized spacial score (nSPS) is 16.2. The average Bonchev–Trinajstić information content (AvgIpc) is 3.40. The van der Waals surface area contributed by atoms with Crippen molar-refractivity contribution in [3.63, 3.8) is 0 Å². The van der Waals surface area contributed by atoms with Gasteiger partial charge < -0.3 is 10.3 Å². The van der Waals surface area contributed by atoms with Gasteiger partial charge in [0.15, 0.2) is 0 Å². The summed E-state index contributed by atoms with van der Waals surface area (Å²) < 4.78 is 41.2. The van der Waals surface area contributed by atoms with E-state index in [2.05, 4.69) is 27.3 Å². The van der Waals surface area contributed by atoms with E-state index >= 15 is 0 Å². The van der Waals surface area contributed by atoms with E-state index in [9.17, 15) is 18.0 Å². The summed E-state index contributed by atoms with van der Waals surface area (Å²) in [6.07, 6.45) is 1.11. The average molecular weight is 439 g/mol. The highest BCUT2D eigenvalue weighted by Gasteiger charge is 2.31. The van der Waals surface area contributed by atoms with Crippen LogP contribution in [0.5, 0.6) is 0 Å². The van der Waals surface area contributed by atoms with Gasteiger partial charge in [-0.25, -0.2) is 9.67 Å². The Morgan fingerprint density at radius 3 is 2.81 bits per heavy atom. The minimum absolute atomic E-state index is 0.000131. The van der Waals surface area contributed by atoms with Gasteiger partial charge in [-0.05, 0) is 67.1 Å². The number of aryl methyl sites for hydroxylation is 1. The molecule has 0 aliphatic heterocycles. The SMILES string of the molecule is C[C@@H]1CCc2[nH]c3ccc(C(=O)Nc4cc(C(F)(F)F)ccc4-n4cncn4)cc3c2C1. The number of anilines is 1. The third-order valence-electron chi connectivity index (χ3n) is 5.93. The number of carbonyl (C=O) groups is 1. The number of fused-ring (bicyclic) bond motifs is 3. The van der Waals surface area contributed by atoms with Gasteiger partial charge in [0.2, 0.25) is 0 Å². The molecule has 5 rings (SSSR count). The predicted molar refractivity (Wildman–Crippen MR) is 114 cm³/mol.